The predicted octanol–water partition coefficient (Wildman–Crippen LogP) is 2.33. The van der Waals surface area contributed by atoms with E-state index >= 15 is 0 Å². The molecule has 0 spiro atoms. The molecule has 0 saturated heterocycles. The van der Waals surface area contributed by atoms with Crippen LogP contribution < -0.4 is 5.32 Å². The first-order valence-corrected chi connectivity index (χ1v) is 6.94. The lowest BCUT2D eigenvalue weighted by Gasteiger charge is -2.09. The van der Waals surface area contributed by atoms with Crippen molar-refractivity contribution in [3.05, 3.63) is 36.5 Å². The van der Waals surface area contributed by atoms with Crippen molar-refractivity contribution >= 4 is 11.6 Å². The molecule has 2 heterocycles. The Hall–Kier alpha value is -2.21. The van der Waals surface area contributed by atoms with Gasteiger partial charge in [-0.15, -0.1) is 0 Å². The first-order chi connectivity index (χ1) is 10.1. The van der Waals surface area contributed by atoms with E-state index in [-0.39, 0.29) is 12.0 Å². The van der Waals surface area contributed by atoms with Crippen LogP contribution in [-0.4, -0.2) is 33.2 Å². The van der Waals surface area contributed by atoms with Gasteiger partial charge in [0.15, 0.2) is 0 Å². The van der Waals surface area contributed by atoms with Gasteiger partial charge in [0.1, 0.15) is 11.6 Å². The Morgan fingerprint density at radius 1 is 1.38 bits per heavy atom. The fraction of sp³-hybridized carbons (Fsp3) is 0.400. The van der Waals surface area contributed by atoms with Crippen LogP contribution in [0.4, 0.5) is 5.69 Å². The summed E-state index contributed by atoms with van der Waals surface area (Å²) in [7, 11) is 0. The molecule has 112 valence electrons. The summed E-state index contributed by atoms with van der Waals surface area (Å²) in [6.45, 7) is 6.21. The van der Waals surface area contributed by atoms with Crippen molar-refractivity contribution in [2.75, 3.05) is 11.9 Å². The topological polar surface area (TPSA) is 69.0 Å². The van der Waals surface area contributed by atoms with Gasteiger partial charge in [0, 0.05) is 12.4 Å². The Labute approximate surface area is 124 Å². The minimum Gasteiger partial charge on any atom is -0.378 e. The fourth-order valence-electron chi connectivity index (χ4n) is 1.83. The van der Waals surface area contributed by atoms with E-state index in [0.717, 1.165) is 11.6 Å². The lowest BCUT2D eigenvalue weighted by molar-refractivity contribution is -0.117. The number of pyridine rings is 1. The van der Waals surface area contributed by atoms with E-state index in [1.54, 1.807) is 12.4 Å². The fourth-order valence-corrected chi connectivity index (χ4v) is 1.83. The molecule has 2 rings (SSSR count). The number of amides is 1. The highest BCUT2D eigenvalue weighted by molar-refractivity contribution is 5.90. The van der Waals surface area contributed by atoms with Crippen LogP contribution in [0.1, 0.15) is 26.1 Å². The molecule has 21 heavy (non-hydrogen) atoms. The van der Waals surface area contributed by atoms with E-state index in [2.05, 4.69) is 15.3 Å². The summed E-state index contributed by atoms with van der Waals surface area (Å²) in [6.07, 6.45) is 5.68. The van der Waals surface area contributed by atoms with Crippen LogP contribution in [0.15, 0.2) is 30.7 Å². The van der Waals surface area contributed by atoms with Crippen LogP contribution in [0.2, 0.25) is 0 Å². The molecule has 0 aliphatic carbocycles. The Bertz CT molecular complexity index is 590. The Kier molecular flexibility index (Phi) is 5.05. The number of carbonyl (C=O) groups is 1. The van der Waals surface area contributed by atoms with Gasteiger partial charge in [0.25, 0.3) is 0 Å². The summed E-state index contributed by atoms with van der Waals surface area (Å²) in [5.41, 5.74) is 0.672. The van der Waals surface area contributed by atoms with Gasteiger partial charge in [-0.3, -0.25) is 9.36 Å². The molecule has 0 aliphatic rings. The number of aromatic nitrogens is 3. The number of carbonyl (C=O) groups excluding carboxylic acids is 1. The van der Waals surface area contributed by atoms with Crippen molar-refractivity contribution in [2.45, 2.75) is 33.3 Å². The molecule has 0 radical (unpaired) electrons. The predicted molar refractivity (Wildman–Crippen MR) is 80.4 cm³/mol. The molecule has 1 amide bonds. The molecule has 2 aromatic heterocycles. The van der Waals surface area contributed by atoms with E-state index in [1.165, 1.54) is 0 Å². The van der Waals surface area contributed by atoms with Gasteiger partial charge in [-0.25, -0.2) is 9.97 Å². The van der Waals surface area contributed by atoms with Crippen molar-refractivity contribution in [3.8, 4) is 5.82 Å². The van der Waals surface area contributed by atoms with Crippen molar-refractivity contribution in [2.24, 2.45) is 0 Å². The molecule has 0 aliphatic heterocycles. The summed E-state index contributed by atoms with van der Waals surface area (Å²) in [6, 6.07) is 3.66. The van der Waals surface area contributed by atoms with E-state index in [0.29, 0.717) is 18.7 Å². The summed E-state index contributed by atoms with van der Waals surface area (Å²) in [4.78, 5) is 20.2. The second-order valence-corrected chi connectivity index (χ2v) is 4.97. The van der Waals surface area contributed by atoms with Gasteiger partial charge in [0.05, 0.1) is 31.0 Å². The molecule has 2 aromatic rings. The monoisotopic (exact) mass is 288 g/mol. The average molecular weight is 288 g/mol. The maximum absolute atomic E-state index is 11.7. The van der Waals surface area contributed by atoms with Gasteiger partial charge < -0.3 is 10.1 Å². The molecule has 0 unspecified atom stereocenters. The summed E-state index contributed by atoms with van der Waals surface area (Å²) < 4.78 is 7.22. The third kappa shape index (κ3) is 4.39. The Balaban J connectivity index is 1.91. The third-order valence-corrected chi connectivity index (χ3v) is 2.88. The number of rotatable bonds is 6. The van der Waals surface area contributed by atoms with E-state index in [4.69, 9.17) is 4.74 Å². The highest BCUT2D eigenvalue weighted by atomic mass is 16.5. The second kappa shape index (κ2) is 6.99. The second-order valence-electron chi connectivity index (χ2n) is 4.97. The number of hydrogen-bond donors (Lipinski definition) is 1. The van der Waals surface area contributed by atoms with Crippen LogP contribution in [-0.2, 0) is 9.53 Å². The molecular weight excluding hydrogens is 268 g/mol. The quantitative estimate of drug-likeness (QED) is 0.885. The number of nitrogens with zero attached hydrogens (tertiary/aromatic N) is 3. The van der Waals surface area contributed by atoms with Gasteiger partial charge in [0.2, 0.25) is 5.91 Å². The van der Waals surface area contributed by atoms with E-state index in [1.807, 2.05) is 43.7 Å². The van der Waals surface area contributed by atoms with Crippen LogP contribution in [0.3, 0.4) is 0 Å². The van der Waals surface area contributed by atoms with Crippen molar-refractivity contribution in [1.29, 1.82) is 0 Å². The van der Waals surface area contributed by atoms with Crippen molar-refractivity contribution in [3.63, 3.8) is 0 Å². The lowest BCUT2D eigenvalue weighted by Crippen LogP contribution is -2.16. The molecule has 0 bridgehead atoms. The minimum atomic E-state index is -0.0796. The zero-order valence-corrected chi connectivity index (χ0v) is 12.5. The van der Waals surface area contributed by atoms with Gasteiger partial charge in [-0.05, 0) is 32.9 Å². The zero-order valence-electron chi connectivity index (χ0n) is 12.5. The Morgan fingerprint density at radius 3 is 2.76 bits per heavy atom. The third-order valence-electron chi connectivity index (χ3n) is 2.88. The minimum absolute atomic E-state index is 0.0796. The molecule has 6 nitrogen and oxygen atoms in total. The highest BCUT2D eigenvalue weighted by Crippen LogP contribution is 2.11. The molecule has 0 fully saturated rings. The molecule has 0 atom stereocenters. The molecule has 6 heteroatoms. The number of imidazole rings is 1. The average Bonchev–Trinajstić information content (AvgIpc) is 2.85. The normalized spacial score (nSPS) is 10.9. The van der Waals surface area contributed by atoms with Gasteiger partial charge in [-0.1, -0.05) is 0 Å². The number of anilines is 1. The Morgan fingerprint density at radius 2 is 2.19 bits per heavy atom. The number of nitrogens with one attached hydrogen (secondary N) is 1. The highest BCUT2D eigenvalue weighted by Gasteiger charge is 2.05. The maximum Gasteiger partial charge on any atom is 0.226 e. The first-order valence-electron chi connectivity index (χ1n) is 6.94. The molecule has 0 aromatic carbocycles. The molecule has 1 N–H and O–H groups in total. The van der Waals surface area contributed by atoms with Crippen molar-refractivity contribution in [1.82, 2.24) is 14.5 Å². The van der Waals surface area contributed by atoms with Crippen LogP contribution in [0.25, 0.3) is 5.82 Å². The largest absolute Gasteiger partial charge is 0.378 e. The summed E-state index contributed by atoms with van der Waals surface area (Å²) in [5, 5.41) is 2.80. The van der Waals surface area contributed by atoms with Crippen molar-refractivity contribution < 1.29 is 9.53 Å². The van der Waals surface area contributed by atoms with Gasteiger partial charge in [-0.2, -0.15) is 0 Å². The first kappa shape index (κ1) is 15.2. The number of ether oxygens (including phenoxy) is 1. The molecular formula is C15H20N4O2. The van der Waals surface area contributed by atoms with E-state index in [9.17, 15) is 4.79 Å². The smallest absolute Gasteiger partial charge is 0.226 e. The molecule has 0 saturated carbocycles. The standard InChI is InChI=1S/C15H20N4O2/c1-11(2)21-9-6-15(20)18-13-4-5-14(17-10-13)19-8-7-16-12(19)3/h4-5,7-8,10-11H,6,9H2,1-3H3,(H,18,20). The van der Waals surface area contributed by atoms with Gasteiger partial charge >= 0.3 is 0 Å². The van der Waals surface area contributed by atoms with E-state index < -0.39 is 0 Å². The number of aryl methyl sites for hydroxylation is 1. The summed E-state index contributed by atoms with van der Waals surface area (Å²) >= 11 is 0. The van der Waals surface area contributed by atoms with Crippen LogP contribution >= 0.6 is 0 Å². The SMILES string of the molecule is Cc1nccn1-c1ccc(NC(=O)CCOC(C)C)cn1. The zero-order chi connectivity index (χ0) is 15.2. The van der Waals surface area contributed by atoms with Crippen LogP contribution in [0.5, 0.6) is 0 Å². The lowest BCUT2D eigenvalue weighted by atomic mass is 10.3. The van der Waals surface area contributed by atoms with Crippen LogP contribution in [0, 0.1) is 6.92 Å². The summed E-state index contributed by atoms with van der Waals surface area (Å²) in [5.74, 6) is 1.56. The maximum atomic E-state index is 11.7. The number of hydrogen-bond acceptors (Lipinski definition) is 4.